The average Bonchev–Trinajstić information content (AvgIpc) is 3.30. The van der Waals surface area contributed by atoms with Gasteiger partial charge in [-0.25, -0.2) is 17.9 Å². The molecular formula is C17H19N5O5S. The summed E-state index contributed by atoms with van der Waals surface area (Å²) in [6.45, 7) is 3.43. The Morgan fingerprint density at radius 1 is 1.32 bits per heavy atom. The lowest BCUT2D eigenvalue weighted by Crippen LogP contribution is -2.13. The average molecular weight is 405 g/mol. The van der Waals surface area contributed by atoms with Crippen LogP contribution in [0.3, 0.4) is 0 Å². The summed E-state index contributed by atoms with van der Waals surface area (Å²) in [7, 11) is -2.46. The van der Waals surface area contributed by atoms with Crippen LogP contribution < -0.4 is 9.46 Å². The molecule has 0 spiro atoms. The maximum absolute atomic E-state index is 12.7. The maximum Gasteiger partial charge on any atom is 0.356 e. The molecule has 2 heterocycles. The molecule has 0 fully saturated rings. The number of carbonyl (C=O) groups is 1. The van der Waals surface area contributed by atoms with Crippen LogP contribution in [0.1, 0.15) is 23.0 Å². The summed E-state index contributed by atoms with van der Waals surface area (Å²) in [5.74, 6) is -0.0558. The topological polar surface area (TPSA) is 128 Å². The third-order valence-electron chi connectivity index (χ3n) is 3.92. The maximum atomic E-state index is 12.7. The number of benzene rings is 1. The van der Waals surface area contributed by atoms with Gasteiger partial charge in [-0.1, -0.05) is 12.1 Å². The number of methoxy groups -OCH3 is 1. The minimum atomic E-state index is -3.98. The molecule has 0 aliphatic heterocycles. The Kier molecular flexibility index (Phi) is 5.36. The molecule has 0 amide bonds. The van der Waals surface area contributed by atoms with Crippen molar-refractivity contribution < 1.29 is 22.7 Å². The summed E-state index contributed by atoms with van der Waals surface area (Å²) >= 11 is 0. The number of anilines is 1. The second-order valence-corrected chi connectivity index (χ2v) is 7.37. The standard InChI is InChI=1S/C17H19N5O5S/c1-4-27-17(23)15-11(2)16(20-19-15)21-28(24,25)12-9-18-22(10-12)13-7-5-6-8-14(13)26-3/h5-10H,4H2,1-3H3,(H2,19,20,21). The number of esters is 1. The van der Waals surface area contributed by atoms with Gasteiger partial charge in [-0.15, -0.1) is 0 Å². The number of carbonyl (C=O) groups excluding carboxylic acids is 1. The van der Waals surface area contributed by atoms with E-state index in [0.29, 0.717) is 17.0 Å². The predicted octanol–water partition coefficient (Wildman–Crippen LogP) is 1.89. The van der Waals surface area contributed by atoms with E-state index in [4.69, 9.17) is 9.47 Å². The van der Waals surface area contributed by atoms with Crippen LogP contribution >= 0.6 is 0 Å². The summed E-state index contributed by atoms with van der Waals surface area (Å²) in [5.41, 5.74) is 1.01. The fourth-order valence-electron chi connectivity index (χ4n) is 2.48. The molecule has 10 nitrogen and oxygen atoms in total. The number of rotatable bonds is 7. The number of aromatic amines is 1. The molecule has 2 aromatic heterocycles. The van der Waals surface area contributed by atoms with E-state index in [1.165, 1.54) is 24.2 Å². The zero-order chi connectivity index (χ0) is 20.3. The highest BCUT2D eigenvalue weighted by Gasteiger charge is 2.23. The van der Waals surface area contributed by atoms with E-state index in [1.807, 2.05) is 0 Å². The molecule has 2 N–H and O–H groups in total. The number of nitrogens with zero attached hydrogens (tertiary/aromatic N) is 3. The molecule has 0 unspecified atom stereocenters. The summed E-state index contributed by atoms with van der Waals surface area (Å²) in [5, 5.41) is 10.4. The molecule has 148 valence electrons. The highest BCUT2D eigenvalue weighted by molar-refractivity contribution is 7.92. The Balaban J connectivity index is 1.87. The first-order chi connectivity index (χ1) is 13.4. The van der Waals surface area contributed by atoms with Gasteiger partial charge in [-0.05, 0) is 26.0 Å². The predicted molar refractivity (Wildman–Crippen MR) is 100 cm³/mol. The van der Waals surface area contributed by atoms with Crippen LogP contribution in [0.15, 0.2) is 41.6 Å². The summed E-state index contributed by atoms with van der Waals surface area (Å²) in [6.07, 6.45) is 2.57. The van der Waals surface area contributed by atoms with Gasteiger partial charge in [0.1, 0.15) is 22.0 Å². The number of ether oxygens (including phenoxy) is 2. The van der Waals surface area contributed by atoms with E-state index in [0.717, 1.165) is 0 Å². The largest absolute Gasteiger partial charge is 0.494 e. The highest BCUT2D eigenvalue weighted by Crippen LogP contribution is 2.24. The van der Waals surface area contributed by atoms with Crippen LogP contribution in [0.25, 0.3) is 5.69 Å². The van der Waals surface area contributed by atoms with E-state index in [9.17, 15) is 13.2 Å². The second kappa shape index (κ2) is 7.72. The molecule has 0 radical (unpaired) electrons. The van der Waals surface area contributed by atoms with Crippen molar-refractivity contribution in [3.8, 4) is 11.4 Å². The monoisotopic (exact) mass is 405 g/mol. The molecule has 0 aliphatic carbocycles. The van der Waals surface area contributed by atoms with Crippen LogP contribution in [0, 0.1) is 6.92 Å². The van der Waals surface area contributed by atoms with E-state index < -0.39 is 16.0 Å². The van der Waals surface area contributed by atoms with E-state index >= 15 is 0 Å². The van der Waals surface area contributed by atoms with Gasteiger partial charge in [0.25, 0.3) is 10.0 Å². The Morgan fingerprint density at radius 2 is 2.07 bits per heavy atom. The first kappa shape index (κ1) is 19.4. The van der Waals surface area contributed by atoms with Crippen molar-refractivity contribution >= 4 is 21.8 Å². The van der Waals surface area contributed by atoms with E-state index in [1.54, 1.807) is 38.1 Å². The molecule has 0 aliphatic rings. The van der Waals surface area contributed by atoms with Crippen molar-refractivity contribution in [2.45, 2.75) is 18.7 Å². The number of para-hydroxylation sites is 2. The van der Waals surface area contributed by atoms with Gasteiger partial charge < -0.3 is 9.47 Å². The third kappa shape index (κ3) is 3.69. The zero-order valence-corrected chi connectivity index (χ0v) is 16.3. The minimum absolute atomic E-state index is 0.00750. The summed E-state index contributed by atoms with van der Waals surface area (Å²) in [4.78, 5) is 11.8. The fourth-order valence-corrected chi connectivity index (χ4v) is 3.48. The van der Waals surface area contributed by atoms with Crippen molar-refractivity contribution in [2.75, 3.05) is 18.4 Å². The van der Waals surface area contributed by atoms with Gasteiger partial charge in [0, 0.05) is 5.56 Å². The number of hydrogen-bond donors (Lipinski definition) is 2. The smallest absolute Gasteiger partial charge is 0.356 e. The van der Waals surface area contributed by atoms with Gasteiger partial charge in [-0.3, -0.25) is 9.82 Å². The lowest BCUT2D eigenvalue weighted by molar-refractivity contribution is 0.0518. The van der Waals surface area contributed by atoms with Gasteiger partial charge in [-0.2, -0.15) is 10.2 Å². The normalized spacial score (nSPS) is 11.2. The van der Waals surface area contributed by atoms with Crippen molar-refractivity contribution in [3.05, 3.63) is 47.9 Å². The van der Waals surface area contributed by atoms with Crippen LogP contribution in [0.4, 0.5) is 5.82 Å². The number of H-pyrrole nitrogens is 1. The number of aromatic nitrogens is 4. The van der Waals surface area contributed by atoms with Gasteiger partial charge in [0.2, 0.25) is 0 Å². The van der Waals surface area contributed by atoms with Crippen LogP contribution in [-0.2, 0) is 14.8 Å². The van der Waals surface area contributed by atoms with Gasteiger partial charge in [0.15, 0.2) is 5.82 Å². The Morgan fingerprint density at radius 3 is 2.79 bits per heavy atom. The van der Waals surface area contributed by atoms with Crippen LogP contribution in [-0.4, -0.2) is 48.1 Å². The number of nitrogens with one attached hydrogen (secondary N) is 2. The molecule has 0 bridgehead atoms. The highest BCUT2D eigenvalue weighted by atomic mass is 32.2. The third-order valence-corrected chi connectivity index (χ3v) is 5.22. The van der Waals surface area contributed by atoms with Crippen molar-refractivity contribution in [1.82, 2.24) is 20.0 Å². The fraction of sp³-hybridized carbons (Fsp3) is 0.235. The molecular weight excluding hydrogens is 386 g/mol. The van der Waals surface area contributed by atoms with Gasteiger partial charge in [0.05, 0.1) is 26.1 Å². The van der Waals surface area contributed by atoms with Crippen LogP contribution in [0.2, 0.25) is 0 Å². The second-order valence-electron chi connectivity index (χ2n) is 5.69. The molecule has 3 rings (SSSR count). The Hall–Kier alpha value is -3.34. The lowest BCUT2D eigenvalue weighted by Gasteiger charge is -2.07. The zero-order valence-electron chi connectivity index (χ0n) is 15.5. The molecule has 0 atom stereocenters. The van der Waals surface area contributed by atoms with E-state index in [2.05, 4.69) is 20.0 Å². The molecule has 28 heavy (non-hydrogen) atoms. The lowest BCUT2D eigenvalue weighted by atomic mass is 10.2. The Bertz CT molecular complexity index is 1100. The molecule has 0 saturated heterocycles. The quantitative estimate of drug-likeness (QED) is 0.574. The summed E-state index contributed by atoms with van der Waals surface area (Å²) < 4.78 is 39.3. The first-order valence-electron chi connectivity index (χ1n) is 8.30. The first-order valence-corrected chi connectivity index (χ1v) is 9.78. The van der Waals surface area contributed by atoms with Crippen LogP contribution in [0.5, 0.6) is 5.75 Å². The summed E-state index contributed by atoms with van der Waals surface area (Å²) in [6, 6.07) is 7.08. The number of sulfonamides is 1. The molecule has 0 saturated carbocycles. The van der Waals surface area contributed by atoms with Crippen molar-refractivity contribution in [3.63, 3.8) is 0 Å². The van der Waals surface area contributed by atoms with Crippen molar-refractivity contribution in [1.29, 1.82) is 0 Å². The minimum Gasteiger partial charge on any atom is -0.494 e. The van der Waals surface area contributed by atoms with Gasteiger partial charge >= 0.3 is 5.97 Å². The molecule has 11 heteroatoms. The SMILES string of the molecule is CCOC(=O)c1[nH]nc(NS(=O)(=O)c2cnn(-c3ccccc3OC)c2)c1C. The van der Waals surface area contributed by atoms with E-state index in [-0.39, 0.29) is 23.0 Å². The molecule has 3 aromatic rings. The Labute approximate surface area is 161 Å². The molecule has 1 aromatic carbocycles. The van der Waals surface area contributed by atoms with Crippen molar-refractivity contribution in [2.24, 2.45) is 0 Å². The number of hydrogen-bond acceptors (Lipinski definition) is 7.